The first-order valence-corrected chi connectivity index (χ1v) is 6.71. The number of carbonyl (C=O) groups is 1. The van der Waals surface area contributed by atoms with E-state index < -0.39 is 5.54 Å². The Morgan fingerprint density at radius 3 is 2.65 bits per heavy atom. The Morgan fingerprint density at radius 1 is 1.53 bits per heavy atom. The smallest absolute Gasteiger partial charge is 0.240 e. The number of carbonyl (C=O) groups excluding carboxylic acids is 1. The second kappa shape index (κ2) is 6.36. The van der Waals surface area contributed by atoms with Crippen LogP contribution >= 0.6 is 0 Å². The third kappa shape index (κ3) is 3.68. The minimum atomic E-state index is -0.398. The quantitative estimate of drug-likeness (QED) is 0.652. The third-order valence-corrected chi connectivity index (χ3v) is 3.59. The Labute approximate surface area is 104 Å². The first-order chi connectivity index (χ1) is 8.04. The number of amides is 1. The summed E-state index contributed by atoms with van der Waals surface area (Å²) < 4.78 is 0. The topological polar surface area (TPSA) is 61.4 Å². The lowest BCUT2D eigenvalue weighted by molar-refractivity contribution is -0.128. The molecule has 0 bridgehead atoms. The fourth-order valence-corrected chi connectivity index (χ4v) is 2.53. The van der Waals surface area contributed by atoms with Crippen LogP contribution in [0.4, 0.5) is 0 Å². The van der Waals surface area contributed by atoms with Gasteiger partial charge in [-0.15, -0.1) is 0 Å². The maximum absolute atomic E-state index is 12.3. The maximum Gasteiger partial charge on any atom is 0.240 e. The van der Waals surface area contributed by atoms with Gasteiger partial charge in [-0.1, -0.05) is 20.8 Å². The molecule has 2 atom stereocenters. The van der Waals surface area contributed by atoms with Crippen molar-refractivity contribution in [2.45, 2.75) is 58.0 Å². The highest BCUT2D eigenvalue weighted by Gasteiger charge is 2.39. The van der Waals surface area contributed by atoms with Crippen molar-refractivity contribution in [2.75, 3.05) is 13.2 Å². The van der Waals surface area contributed by atoms with Crippen molar-refractivity contribution >= 4 is 5.91 Å². The predicted molar refractivity (Wildman–Crippen MR) is 68.7 cm³/mol. The Hall–Kier alpha value is -0.610. The van der Waals surface area contributed by atoms with Gasteiger partial charge in [0.25, 0.3) is 0 Å². The SMILES string of the molecule is CCC1(C(=O)NC(CO)CC(C)C)CCCN1. The summed E-state index contributed by atoms with van der Waals surface area (Å²) >= 11 is 0. The van der Waals surface area contributed by atoms with Crippen LogP contribution < -0.4 is 10.6 Å². The molecule has 0 aromatic carbocycles. The lowest BCUT2D eigenvalue weighted by atomic mass is 9.92. The Kier molecular flexibility index (Phi) is 5.40. The molecule has 100 valence electrons. The van der Waals surface area contributed by atoms with E-state index in [2.05, 4.69) is 24.5 Å². The van der Waals surface area contributed by atoms with Crippen molar-refractivity contribution in [1.82, 2.24) is 10.6 Å². The van der Waals surface area contributed by atoms with Gasteiger partial charge in [0.15, 0.2) is 0 Å². The molecule has 0 saturated carbocycles. The predicted octanol–water partition coefficient (Wildman–Crippen LogP) is 1.04. The lowest BCUT2D eigenvalue weighted by Gasteiger charge is -2.29. The molecule has 4 heteroatoms. The summed E-state index contributed by atoms with van der Waals surface area (Å²) in [5, 5.41) is 15.6. The van der Waals surface area contributed by atoms with Crippen LogP contribution in [0.2, 0.25) is 0 Å². The van der Waals surface area contributed by atoms with E-state index in [0.717, 1.165) is 32.2 Å². The molecule has 1 fully saturated rings. The van der Waals surface area contributed by atoms with Gasteiger partial charge >= 0.3 is 0 Å². The van der Waals surface area contributed by atoms with E-state index in [0.29, 0.717) is 5.92 Å². The molecule has 1 amide bonds. The van der Waals surface area contributed by atoms with Crippen LogP contribution in [0, 0.1) is 5.92 Å². The number of hydrogen-bond acceptors (Lipinski definition) is 3. The summed E-state index contributed by atoms with van der Waals surface area (Å²) in [6.45, 7) is 7.16. The van der Waals surface area contributed by atoms with Crippen LogP contribution in [-0.4, -0.2) is 35.7 Å². The summed E-state index contributed by atoms with van der Waals surface area (Å²) in [6, 6.07) is -0.117. The fourth-order valence-electron chi connectivity index (χ4n) is 2.53. The summed E-state index contributed by atoms with van der Waals surface area (Å²) in [6.07, 6.45) is 3.57. The monoisotopic (exact) mass is 242 g/mol. The Bertz CT molecular complexity index is 248. The number of nitrogens with one attached hydrogen (secondary N) is 2. The number of hydrogen-bond donors (Lipinski definition) is 3. The van der Waals surface area contributed by atoms with Gasteiger partial charge in [-0.2, -0.15) is 0 Å². The van der Waals surface area contributed by atoms with E-state index in [4.69, 9.17) is 0 Å². The third-order valence-electron chi connectivity index (χ3n) is 3.59. The van der Waals surface area contributed by atoms with Crippen molar-refractivity contribution < 1.29 is 9.90 Å². The van der Waals surface area contributed by atoms with E-state index in [1.165, 1.54) is 0 Å². The molecular weight excluding hydrogens is 216 g/mol. The number of rotatable bonds is 6. The van der Waals surface area contributed by atoms with Crippen LogP contribution in [0.1, 0.15) is 46.5 Å². The van der Waals surface area contributed by atoms with Gasteiger partial charge in [-0.05, 0) is 38.1 Å². The number of aliphatic hydroxyl groups excluding tert-OH is 1. The second-order valence-electron chi connectivity index (χ2n) is 5.45. The summed E-state index contributed by atoms with van der Waals surface area (Å²) in [5.41, 5.74) is -0.398. The average Bonchev–Trinajstić information content (AvgIpc) is 2.77. The zero-order chi connectivity index (χ0) is 12.9. The van der Waals surface area contributed by atoms with Gasteiger partial charge in [0.05, 0.1) is 18.2 Å². The van der Waals surface area contributed by atoms with Crippen LogP contribution in [0.5, 0.6) is 0 Å². The van der Waals surface area contributed by atoms with Crippen molar-refractivity contribution in [3.63, 3.8) is 0 Å². The molecule has 17 heavy (non-hydrogen) atoms. The largest absolute Gasteiger partial charge is 0.394 e. The summed E-state index contributed by atoms with van der Waals surface area (Å²) in [5.74, 6) is 0.527. The first kappa shape index (κ1) is 14.5. The Balaban J connectivity index is 2.56. The second-order valence-corrected chi connectivity index (χ2v) is 5.45. The zero-order valence-electron chi connectivity index (χ0n) is 11.3. The van der Waals surface area contributed by atoms with E-state index in [1.807, 2.05) is 6.92 Å². The highest BCUT2D eigenvalue weighted by atomic mass is 16.3. The molecule has 1 saturated heterocycles. The molecular formula is C13H26N2O2. The van der Waals surface area contributed by atoms with Gasteiger partial charge in [0, 0.05) is 0 Å². The summed E-state index contributed by atoms with van der Waals surface area (Å²) in [4.78, 5) is 12.3. The van der Waals surface area contributed by atoms with Crippen molar-refractivity contribution in [2.24, 2.45) is 5.92 Å². The van der Waals surface area contributed by atoms with Gasteiger partial charge in [0.2, 0.25) is 5.91 Å². The van der Waals surface area contributed by atoms with Crippen LogP contribution in [-0.2, 0) is 4.79 Å². The molecule has 3 N–H and O–H groups in total. The van der Waals surface area contributed by atoms with E-state index in [1.54, 1.807) is 0 Å². The molecule has 0 aromatic heterocycles. The standard InChI is InChI=1S/C13H26N2O2/c1-4-13(6-5-7-14-13)12(17)15-11(9-16)8-10(2)3/h10-11,14,16H,4-9H2,1-3H3,(H,15,17). The highest BCUT2D eigenvalue weighted by molar-refractivity contribution is 5.86. The van der Waals surface area contributed by atoms with Crippen LogP contribution in [0.25, 0.3) is 0 Å². The van der Waals surface area contributed by atoms with Crippen molar-refractivity contribution in [1.29, 1.82) is 0 Å². The normalized spacial score (nSPS) is 26.2. The molecule has 0 aromatic rings. The van der Waals surface area contributed by atoms with E-state index in [9.17, 15) is 9.90 Å². The molecule has 1 rings (SSSR count). The molecule has 2 unspecified atom stereocenters. The molecule has 0 aliphatic carbocycles. The van der Waals surface area contributed by atoms with Crippen molar-refractivity contribution in [3.8, 4) is 0 Å². The van der Waals surface area contributed by atoms with E-state index >= 15 is 0 Å². The maximum atomic E-state index is 12.3. The van der Waals surface area contributed by atoms with E-state index in [-0.39, 0.29) is 18.6 Å². The molecule has 1 aliphatic rings. The molecule has 1 aliphatic heterocycles. The minimum absolute atomic E-state index is 0.0176. The summed E-state index contributed by atoms with van der Waals surface area (Å²) in [7, 11) is 0. The first-order valence-electron chi connectivity index (χ1n) is 6.71. The zero-order valence-corrected chi connectivity index (χ0v) is 11.3. The van der Waals surface area contributed by atoms with Gasteiger partial charge in [-0.25, -0.2) is 0 Å². The van der Waals surface area contributed by atoms with Gasteiger partial charge in [-0.3, -0.25) is 4.79 Å². The number of aliphatic hydroxyl groups is 1. The molecule has 4 nitrogen and oxygen atoms in total. The van der Waals surface area contributed by atoms with Crippen LogP contribution in [0.3, 0.4) is 0 Å². The highest BCUT2D eigenvalue weighted by Crippen LogP contribution is 2.23. The Morgan fingerprint density at radius 2 is 2.24 bits per heavy atom. The van der Waals surface area contributed by atoms with Crippen molar-refractivity contribution in [3.05, 3.63) is 0 Å². The van der Waals surface area contributed by atoms with Gasteiger partial charge in [0.1, 0.15) is 0 Å². The minimum Gasteiger partial charge on any atom is -0.394 e. The molecule has 0 spiro atoms. The average molecular weight is 242 g/mol. The van der Waals surface area contributed by atoms with Gasteiger partial charge < -0.3 is 15.7 Å². The molecule has 0 radical (unpaired) electrons. The molecule has 1 heterocycles. The van der Waals surface area contributed by atoms with Crippen LogP contribution in [0.15, 0.2) is 0 Å². The lowest BCUT2D eigenvalue weighted by Crippen LogP contribution is -2.56. The fraction of sp³-hybridized carbons (Fsp3) is 0.923.